The molecule has 0 fully saturated rings. The lowest BCUT2D eigenvalue weighted by molar-refractivity contribution is -0.121. The van der Waals surface area contributed by atoms with Crippen molar-refractivity contribution in [1.29, 1.82) is 0 Å². The smallest absolute Gasteiger partial charge is 0.263 e. The average Bonchev–Trinajstić information content (AvgIpc) is 2.76. The molecule has 166 valence electrons. The molecule has 3 aromatic rings. The van der Waals surface area contributed by atoms with Crippen molar-refractivity contribution >= 4 is 27.8 Å². The monoisotopic (exact) mass is 453 g/mol. The average molecular weight is 454 g/mol. The third-order valence-electron chi connectivity index (χ3n) is 4.47. The van der Waals surface area contributed by atoms with Crippen LogP contribution in [0.3, 0.4) is 0 Å². The summed E-state index contributed by atoms with van der Waals surface area (Å²) in [6.45, 7) is 1.46. The Hall–Kier alpha value is -3.85. The number of nitrogens with one attached hydrogen (secondary N) is 1. The van der Waals surface area contributed by atoms with E-state index in [1.165, 1.54) is 19.2 Å². The number of hydrogen-bond donors (Lipinski definition) is 2. The largest absolute Gasteiger partial charge is 0.507 e. The van der Waals surface area contributed by atoms with Gasteiger partial charge >= 0.3 is 0 Å². The van der Waals surface area contributed by atoms with Gasteiger partial charge in [-0.25, -0.2) is 13.8 Å². The van der Waals surface area contributed by atoms with Crippen molar-refractivity contribution in [1.82, 2.24) is 5.43 Å². The number of amides is 1. The summed E-state index contributed by atoms with van der Waals surface area (Å²) in [7, 11) is -3.78. The summed E-state index contributed by atoms with van der Waals surface area (Å²) in [5, 5.41) is 13.6. The Bertz CT molecular complexity index is 1200. The van der Waals surface area contributed by atoms with E-state index in [-0.39, 0.29) is 5.75 Å². The van der Waals surface area contributed by atoms with Crippen LogP contribution in [0.1, 0.15) is 12.5 Å². The van der Waals surface area contributed by atoms with Crippen LogP contribution in [-0.4, -0.2) is 37.9 Å². The molecule has 0 aliphatic rings. The zero-order chi connectivity index (χ0) is 23.1. The molecule has 0 aliphatic heterocycles. The molecular formula is C23H23N3O5S. The number of rotatable bonds is 8. The topological polar surface area (TPSA) is 108 Å². The van der Waals surface area contributed by atoms with Crippen molar-refractivity contribution in [2.45, 2.75) is 13.0 Å². The molecule has 0 radical (unpaired) electrons. The molecule has 0 bridgehead atoms. The molecule has 0 heterocycles. The molecule has 2 N–H and O–H groups in total. The van der Waals surface area contributed by atoms with Gasteiger partial charge in [0.15, 0.2) is 0 Å². The van der Waals surface area contributed by atoms with E-state index in [2.05, 4.69) is 10.5 Å². The van der Waals surface area contributed by atoms with Crippen LogP contribution in [0.25, 0.3) is 0 Å². The second-order valence-electron chi connectivity index (χ2n) is 6.94. The number of benzene rings is 3. The van der Waals surface area contributed by atoms with Gasteiger partial charge in [0.05, 0.1) is 18.2 Å². The van der Waals surface area contributed by atoms with E-state index in [0.29, 0.717) is 22.7 Å². The molecule has 0 spiro atoms. The Labute approximate surface area is 186 Å². The Morgan fingerprint density at radius 3 is 2.22 bits per heavy atom. The number of carbonyl (C=O) groups is 1. The number of nitrogens with zero attached hydrogens (tertiary/aromatic N) is 2. The molecule has 0 unspecified atom stereocenters. The lowest BCUT2D eigenvalue weighted by Gasteiger charge is -2.27. The summed E-state index contributed by atoms with van der Waals surface area (Å²) < 4.78 is 31.6. The highest BCUT2D eigenvalue weighted by Crippen LogP contribution is 2.27. The molecule has 3 rings (SSSR count). The van der Waals surface area contributed by atoms with E-state index in [9.17, 15) is 18.3 Å². The SMILES string of the molecule is C[C@H](C(=O)N/N=C\c1ccccc1O)N(c1ccc(Oc2ccccc2)cc1)S(C)(=O)=O. The number of carbonyl (C=O) groups excluding carboxylic acids is 1. The van der Waals surface area contributed by atoms with Crippen LogP contribution in [0.2, 0.25) is 0 Å². The Morgan fingerprint density at radius 1 is 1.00 bits per heavy atom. The van der Waals surface area contributed by atoms with Gasteiger partial charge in [0.2, 0.25) is 10.0 Å². The fraction of sp³-hybridized carbons (Fsp3) is 0.130. The number of anilines is 1. The first-order chi connectivity index (χ1) is 15.3. The van der Waals surface area contributed by atoms with Crippen molar-refractivity contribution in [3.63, 3.8) is 0 Å². The summed E-state index contributed by atoms with van der Waals surface area (Å²) >= 11 is 0. The third kappa shape index (κ3) is 5.86. The van der Waals surface area contributed by atoms with Crippen LogP contribution in [0, 0.1) is 0 Å². The Morgan fingerprint density at radius 2 is 1.59 bits per heavy atom. The van der Waals surface area contributed by atoms with E-state index in [0.717, 1.165) is 10.6 Å². The molecule has 9 heteroatoms. The first kappa shape index (κ1) is 22.8. The standard InChI is InChI=1S/C23H23N3O5S/c1-17(23(28)25-24-16-18-8-6-7-11-22(18)27)26(32(2,29)30)19-12-14-21(15-13-19)31-20-9-4-3-5-10-20/h3-17,27H,1-2H3,(H,25,28)/b24-16-/t17-/m1/s1. The summed E-state index contributed by atoms with van der Waals surface area (Å²) in [6.07, 6.45) is 2.30. The highest BCUT2D eigenvalue weighted by atomic mass is 32.2. The summed E-state index contributed by atoms with van der Waals surface area (Å²) in [4.78, 5) is 12.6. The molecule has 0 aromatic heterocycles. The van der Waals surface area contributed by atoms with Gasteiger partial charge in [-0.15, -0.1) is 0 Å². The third-order valence-corrected chi connectivity index (χ3v) is 5.72. The van der Waals surface area contributed by atoms with Crippen LogP contribution in [0.15, 0.2) is 84.0 Å². The first-order valence-corrected chi connectivity index (χ1v) is 11.5. The van der Waals surface area contributed by atoms with Gasteiger partial charge in [0.1, 0.15) is 23.3 Å². The van der Waals surface area contributed by atoms with Gasteiger partial charge in [-0.1, -0.05) is 30.3 Å². The Balaban J connectivity index is 1.74. The predicted octanol–water partition coefficient (Wildman–Crippen LogP) is 3.49. The van der Waals surface area contributed by atoms with Crippen molar-refractivity contribution in [3.8, 4) is 17.2 Å². The van der Waals surface area contributed by atoms with E-state index in [4.69, 9.17) is 4.74 Å². The van der Waals surface area contributed by atoms with Crippen LogP contribution < -0.4 is 14.5 Å². The van der Waals surface area contributed by atoms with Gasteiger partial charge in [-0.2, -0.15) is 5.10 Å². The number of sulfonamides is 1. The van der Waals surface area contributed by atoms with Crippen LogP contribution >= 0.6 is 0 Å². The van der Waals surface area contributed by atoms with E-state index in [1.807, 2.05) is 18.2 Å². The summed E-state index contributed by atoms with van der Waals surface area (Å²) in [6, 6.07) is 21.0. The van der Waals surface area contributed by atoms with E-state index >= 15 is 0 Å². The van der Waals surface area contributed by atoms with Gasteiger partial charge in [-0.3, -0.25) is 9.10 Å². The van der Waals surface area contributed by atoms with Gasteiger partial charge < -0.3 is 9.84 Å². The molecule has 1 amide bonds. The fourth-order valence-corrected chi connectivity index (χ4v) is 4.12. The molecule has 0 saturated carbocycles. The number of hydrazone groups is 1. The molecule has 1 atom stereocenters. The zero-order valence-corrected chi connectivity index (χ0v) is 18.4. The molecule has 32 heavy (non-hydrogen) atoms. The number of para-hydroxylation sites is 2. The number of ether oxygens (including phenoxy) is 1. The molecule has 0 aliphatic carbocycles. The number of aromatic hydroxyl groups is 1. The maximum absolute atomic E-state index is 12.6. The molecule has 0 saturated heterocycles. The molecular weight excluding hydrogens is 430 g/mol. The predicted molar refractivity (Wildman–Crippen MR) is 124 cm³/mol. The number of phenolic OH excluding ortho intramolecular Hbond substituents is 1. The first-order valence-electron chi connectivity index (χ1n) is 9.69. The van der Waals surface area contributed by atoms with Crippen LogP contribution in [0.4, 0.5) is 5.69 Å². The zero-order valence-electron chi connectivity index (χ0n) is 17.5. The Kier molecular flexibility index (Phi) is 7.11. The minimum absolute atomic E-state index is 0.00845. The van der Waals surface area contributed by atoms with Gasteiger partial charge in [-0.05, 0) is 55.5 Å². The van der Waals surface area contributed by atoms with E-state index < -0.39 is 22.0 Å². The van der Waals surface area contributed by atoms with Gasteiger partial charge in [0, 0.05) is 5.56 Å². The minimum Gasteiger partial charge on any atom is -0.507 e. The highest BCUT2D eigenvalue weighted by molar-refractivity contribution is 7.92. The van der Waals surface area contributed by atoms with Crippen molar-refractivity contribution in [2.24, 2.45) is 5.10 Å². The summed E-state index contributed by atoms with van der Waals surface area (Å²) in [5.74, 6) is 0.550. The van der Waals surface area contributed by atoms with Crippen LogP contribution in [0.5, 0.6) is 17.2 Å². The van der Waals surface area contributed by atoms with E-state index in [1.54, 1.807) is 54.6 Å². The molecule has 8 nitrogen and oxygen atoms in total. The second-order valence-corrected chi connectivity index (χ2v) is 8.80. The van der Waals surface area contributed by atoms with Crippen molar-refractivity contribution < 1.29 is 23.1 Å². The maximum Gasteiger partial charge on any atom is 0.263 e. The normalized spacial score (nSPS) is 12.3. The number of phenols is 1. The van der Waals surface area contributed by atoms with Crippen molar-refractivity contribution in [2.75, 3.05) is 10.6 Å². The lowest BCUT2D eigenvalue weighted by Crippen LogP contribution is -2.46. The van der Waals surface area contributed by atoms with Crippen LogP contribution in [-0.2, 0) is 14.8 Å². The highest BCUT2D eigenvalue weighted by Gasteiger charge is 2.29. The second kappa shape index (κ2) is 9.97. The number of hydrogen-bond acceptors (Lipinski definition) is 6. The minimum atomic E-state index is -3.78. The lowest BCUT2D eigenvalue weighted by atomic mass is 10.2. The van der Waals surface area contributed by atoms with Crippen molar-refractivity contribution in [3.05, 3.63) is 84.4 Å². The van der Waals surface area contributed by atoms with Gasteiger partial charge in [0.25, 0.3) is 5.91 Å². The quantitative estimate of drug-likeness (QED) is 0.401. The fourth-order valence-electron chi connectivity index (χ4n) is 2.95. The molecule has 3 aromatic carbocycles. The maximum atomic E-state index is 12.6. The summed E-state index contributed by atoms with van der Waals surface area (Å²) in [5.41, 5.74) is 3.03.